The highest BCUT2D eigenvalue weighted by Gasteiger charge is 2.29. The third-order valence-electron chi connectivity index (χ3n) is 3.78. The number of nitrogens with zero attached hydrogens (tertiary/aromatic N) is 2. The lowest BCUT2D eigenvalue weighted by atomic mass is 9.85. The van der Waals surface area contributed by atoms with E-state index in [1.165, 1.54) is 6.42 Å². The summed E-state index contributed by atoms with van der Waals surface area (Å²) in [6.45, 7) is 0.674. The van der Waals surface area contributed by atoms with E-state index < -0.39 is 5.60 Å². The molecule has 3 nitrogen and oxygen atoms in total. The summed E-state index contributed by atoms with van der Waals surface area (Å²) in [6, 6.07) is 8.09. The molecule has 0 spiro atoms. The Hall–Kier alpha value is -1.35. The second-order valence-corrected chi connectivity index (χ2v) is 5.15. The molecule has 1 saturated carbocycles. The fraction of sp³-hybridized carbons (Fsp3) is 0.500. The van der Waals surface area contributed by atoms with E-state index in [-0.39, 0.29) is 0 Å². The van der Waals surface area contributed by atoms with Crippen LogP contribution >= 0.6 is 0 Å². The van der Waals surface area contributed by atoms with Gasteiger partial charge in [0.05, 0.1) is 29.5 Å². The van der Waals surface area contributed by atoms with Gasteiger partial charge in [-0.25, -0.2) is 4.98 Å². The molecule has 1 aromatic heterocycles. The quantitative estimate of drug-likeness (QED) is 0.861. The van der Waals surface area contributed by atoms with Crippen molar-refractivity contribution in [3.8, 4) is 0 Å². The van der Waals surface area contributed by atoms with Gasteiger partial charge in [0.2, 0.25) is 0 Å². The molecule has 1 aliphatic rings. The number of imidazole rings is 1. The first-order chi connectivity index (χ1) is 8.27. The normalized spacial score (nSPS) is 19.6. The first-order valence-corrected chi connectivity index (χ1v) is 6.39. The smallest absolute Gasteiger partial charge is 0.0959 e. The monoisotopic (exact) mass is 230 g/mol. The van der Waals surface area contributed by atoms with Crippen LogP contribution in [0.5, 0.6) is 0 Å². The average molecular weight is 230 g/mol. The second-order valence-electron chi connectivity index (χ2n) is 5.15. The summed E-state index contributed by atoms with van der Waals surface area (Å²) >= 11 is 0. The van der Waals surface area contributed by atoms with E-state index in [1.807, 2.05) is 24.5 Å². The minimum atomic E-state index is -0.526. The van der Waals surface area contributed by atoms with E-state index in [2.05, 4.69) is 15.6 Å². The molecular formula is C14H18N2O. The number of benzene rings is 1. The van der Waals surface area contributed by atoms with Crippen molar-refractivity contribution in [1.29, 1.82) is 0 Å². The molecule has 17 heavy (non-hydrogen) atoms. The van der Waals surface area contributed by atoms with Crippen molar-refractivity contribution in [2.75, 3.05) is 0 Å². The molecule has 3 heteroatoms. The van der Waals surface area contributed by atoms with Gasteiger partial charge in [0.15, 0.2) is 0 Å². The van der Waals surface area contributed by atoms with Crippen molar-refractivity contribution in [3.63, 3.8) is 0 Å². The third-order valence-corrected chi connectivity index (χ3v) is 3.78. The lowest BCUT2D eigenvalue weighted by Gasteiger charge is -2.32. The van der Waals surface area contributed by atoms with Gasteiger partial charge in [-0.2, -0.15) is 0 Å². The zero-order chi connectivity index (χ0) is 11.7. The summed E-state index contributed by atoms with van der Waals surface area (Å²) in [5, 5.41) is 10.6. The van der Waals surface area contributed by atoms with Crippen LogP contribution in [0.3, 0.4) is 0 Å². The Labute approximate surface area is 101 Å². The molecule has 1 aromatic carbocycles. The van der Waals surface area contributed by atoms with Gasteiger partial charge in [0.1, 0.15) is 0 Å². The van der Waals surface area contributed by atoms with E-state index in [4.69, 9.17) is 0 Å². The molecule has 1 aliphatic carbocycles. The van der Waals surface area contributed by atoms with Crippen LogP contribution in [0.15, 0.2) is 30.6 Å². The van der Waals surface area contributed by atoms with Crippen LogP contribution < -0.4 is 0 Å². The van der Waals surface area contributed by atoms with Crippen LogP contribution in [0, 0.1) is 0 Å². The molecule has 1 heterocycles. The highest BCUT2D eigenvalue weighted by molar-refractivity contribution is 5.74. The summed E-state index contributed by atoms with van der Waals surface area (Å²) in [5.41, 5.74) is 1.60. The van der Waals surface area contributed by atoms with Crippen molar-refractivity contribution in [2.45, 2.75) is 44.2 Å². The predicted octanol–water partition coefficient (Wildman–Crippen LogP) is 2.73. The van der Waals surface area contributed by atoms with E-state index in [0.29, 0.717) is 6.54 Å². The lowest BCUT2D eigenvalue weighted by Crippen LogP contribution is -2.36. The predicted molar refractivity (Wildman–Crippen MR) is 67.8 cm³/mol. The number of hydrogen-bond acceptors (Lipinski definition) is 2. The molecule has 1 N–H and O–H groups in total. The van der Waals surface area contributed by atoms with Crippen LogP contribution in [0.4, 0.5) is 0 Å². The average Bonchev–Trinajstić information content (AvgIpc) is 2.73. The number of aliphatic hydroxyl groups is 1. The van der Waals surface area contributed by atoms with Crippen molar-refractivity contribution in [2.24, 2.45) is 0 Å². The Balaban J connectivity index is 1.89. The molecule has 0 bridgehead atoms. The second kappa shape index (κ2) is 4.15. The van der Waals surface area contributed by atoms with Gasteiger partial charge in [-0.05, 0) is 25.0 Å². The molecule has 0 radical (unpaired) electrons. The Bertz CT molecular complexity index is 512. The van der Waals surface area contributed by atoms with E-state index >= 15 is 0 Å². The molecule has 90 valence electrons. The van der Waals surface area contributed by atoms with Crippen LogP contribution in [-0.4, -0.2) is 20.3 Å². The largest absolute Gasteiger partial charge is 0.388 e. The molecule has 2 aromatic rings. The van der Waals surface area contributed by atoms with E-state index in [0.717, 1.165) is 36.7 Å². The highest BCUT2D eigenvalue weighted by atomic mass is 16.3. The van der Waals surface area contributed by atoms with Crippen LogP contribution in [0.1, 0.15) is 32.1 Å². The molecular weight excluding hydrogens is 212 g/mol. The summed E-state index contributed by atoms with van der Waals surface area (Å²) in [5.74, 6) is 0. The summed E-state index contributed by atoms with van der Waals surface area (Å²) < 4.78 is 2.08. The number of para-hydroxylation sites is 2. The summed E-state index contributed by atoms with van der Waals surface area (Å²) in [7, 11) is 0. The molecule has 0 unspecified atom stereocenters. The van der Waals surface area contributed by atoms with E-state index in [9.17, 15) is 5.11 Å². The molecule has 0 saturated heterocycles. The van der Waals surface area contributed by atoms with Crippen LogP contribution in [-0.2, 0) is 6.54 Å². The van der Waals surface area contributed by atoms with Gasteiger partial charge in [-0.15, -0.1) is 0 Å². The topological polar surface area (TPSA) is 38.0 Å². The lowest BCUT2D eigenvalue weighted by molar-refractivity contribution is -0.0105. The zero-order valence-electron chi connectivity index (χ0n) is 9.97. The molecule has 0 amide bonds. The van der Waals surface area contributed by atoms with E-state index in [1.54, 1.807) is 0 Å². The summed E-state index contributed by atoms with van der Waals surface area (Å²) in [6.07, 6.45) is 7.22. The number of hydrogen-bond donors (Lipinski definition) is 1. The fourth-order valence-electron chi connectivity index (χ4n) is 2.82. The highest BCUT2D eigenvalue weighted by Crippen LogP contribution is 2.30. The molecule has 1 fully saturated rings. The van der Waals surface area contributed by atoms with Gasteiger partial charge in [0.25, 0.3) is 0 Å². The standard InChI is InChI=1S/C14H18N2O/c17-14(8-4-1-5-9-14)10-16-11-15-12-6-2-3-7-13(12)16/h2-3,6-7,11,17H,1,4-5,8-10H2. The SMILES string of the molecule is OC1(Cn2cnc3ccccc32)CCCCC1. The molecule has 0 aliphatic heterocycles. The Morgan fingerprint density at radius 3 is 2.76 bits per heavy atom. The van der Waals surface area contributed by atoms with Crippen molar-refractivity contribution < 1.29 is 5.11 Å². The van der Waals surface area contributed by atoms with Gasteiger partial charge >= 0.3 is 0 Å². The Kier molecular flexibility index (Phi) is 2.63. The van der Waals surface area contributed by atoms with Gasteiger partial charge < -0.3 is 9.67 Å². The van der Waals surface area contributed by atoms with Gasteiger partial charge in [-0.1, -0.05) is 31.4 Å². The minimum absolute atomic E-state index is 0.526. The van der Waals surface area contributed by atoms with Crippen LogP contribution in [0.25, 0.3) is 11.0 Å². The van der Waals surface area contributed by atoms with Crippen molar-refractivity contribution >= 4 is 11.0 Å². The first kappa shape index (κ1) is 10.8. The fourth-order valence-corrected chi connectivity index (χ4v) is 2.82. The van der Waals surface area contributed by atoms with Gasteiger partial charge in [0, 0.05) is 0 Å². The molecule has 3 rings (SSSR count). The van der Waals surface area contributed by atoms with Crippen molar-refractivity contribution in [3.05, 3.63) is 30.6 Å². The maximum Gasteiger partial charge on any atom is 0.0959 e. The summed E-state index contributed by atoms with van der Waals surface area (Å²) in [4.78, 5) is 4.37. The Morgan fingerprint density at radius 1 is 1.18 bits per heavy atom. The third kappa shape index (κ3) is 2.07. The van der Waals surface area contributed by atoms with Gasteiger partial charge in [-0.3, -0.25) is 0 Å². The minimum Gasteiger partial charge on any atom is -0.388 e. The Morgan fingerprint density at radius 2 is 1.94 bits per heavy atom. The first-order valence-electron chi connectivity index (χ1n) is 6.39. The zero-order valence-corrected chi connectivity index (χ0v) is 9.97. The van der Waals surface area contributed by atoms with Crippen molar-refractivity contribution in [1.82, 2.24) is 9.55 Å². The number of rotatable bonds is 2. The number of aromatic nitrogens is 2. The maximum absolute atomic E-state index is 10.6. The maximum atomic E-state index is 10.6. The number of fused-ring (bicyclic) bond motifs is 1. The van der Waals surface area contributed by atoms with Crippen LogP contribution in [0.2, 0.25) is 0 Å². The molecule has 0 atom stereocenters.